The zero-order valence-electron chi connectivity index (χ0n) is 6.97. The molecule has 2 N–H and O–H groups in total. The quantitative estimate of drug-likeness (QED) is 0.700. The fraction of sp³-hybridized carbons (Fsp3) is 0.714. The van der Waals surface area contributed by atoms with Crippen molar-refractivity contribution >= 4 is 11.9 Å². The van der Waals surface area contributed by atoms with Crippen molar-refractivity contribution in [3.8, 4) is 0 Å². The van der Waals surface area contributed by atoms with Crippen molar-refractivity contribution in [2.45, 2.75) is 25.1 Å². The summed E-state index contributed by atoms with van der Waals surface area (Å²) in [5, 5.41) is 10.1. The number of carbonyl (C=O) groups excluding carboxylic acids is 1. The van der Waals surface area contributed by atoms with Crippen LogP contribution in [0, 0.1) is 5.92 Å². The molecule has 1 saturated carbocycles. The molecule has 0 aromatic rings. The molecule has 0 atom stereocenters. The number of carbonyl (C=O) groups is 2. The zero-order valence-corrected chi connectivity index (χ0v) is 6.97. The minimum absolute atomic E-state index is 0.0666. The Morgan fingerprint density at radius 3 is 2.14 bits per heavy atom. The molecule has 0 radical (unpaired) electrons. The van der Waals surface area contributed by atoms with Crippen molar-refractivity contribution in [2.24, 2.45) is 5.92 Å². The summed E-state index contributed by atoms with van der Waals surface area (Å²) in [4.78, 5) is 20.6. The Labute approximate surface area is 77.1 Å². The van der Waals surface area contributed by atoms with Gasteiger partial charge in [-0.1, -0.05) is 0 Å². The van der Waals surface area contributed by atoms with E-state index in [1.807, 2.05) is 0 Å². The lowest BCUT2D eigenvalue weighted by Crippen LogP contribution is -2.50. The summed E-state index contributed by atoms with van der Waals surface area (Å²) in [6, 6.07) is -0.662. The summed E-state index contributed by atoms with van der Waals surface area (Å²) in [5.41, 5.74) is 0. The molecule has 0 aromatic heterocycles. The Kier molecular flexibility index (Phi) is 2.68. The second-order valence-electron chi connectivity index (χ2n) is 3.17. The zero-order chi connectivity index (χ0) is 10.9. The van der Waals surface area contributed by atoms with Crippen LogP contribution in [0.3, 0.4) is 0 Å². The molecule has 0 aliphatic heterocycles. The maximum atomic E-state index is 11.7. The van der Waals surface area contributed by atoms with Gasteiger partial charge in [0.2, 0.25) is 0 Å². The molecule has 1 amide bonds. The normalized spacial score (nSPS) is 26.5. The maximum Gasteiger partial charge on any atom is 0.471 e. The Hall–Kier alpha value is -1.27. The summed E-state index contributed by atoms with van der Waals surface area (Å²) < 4.78 is 35.1. The fourth-order valence-electron chi connectivity index (χ4n) is 1.20. The van der Waals surface area contributed by atoms with Crippen LogP contribution < -0.4 is 5.32 Å². The largest absolute Gasteiger partial charge is 0.481 e. The van der Waals surface area contributed by atoms with Crippen LogP contribution in [0.2, 0.25) is 0 Å². The van der Waals surface area contributed by atoms with Crippen LogP contribution in [-0.4, -0.2) is 29.2 Å². The SMILES string of the molecule is O=C(O)C1CC(NC(=O)C(F)(F)F)C1. The van der Waals surface area contributed by atoms with Crippen LogP contribution in [0.1, 0.15) is 12.8 Å². The predicted octanol–water partition coefficient (Wildman–Crippen LogP) is 0.528. The van der Waals surface area contributed by atoms with E-state index in [1.54, 1.807) is 5.32 Å². The number of hydrogen-bond acceptors (Lipinski definition) is 2. The van der Waals surface area contributed by atoms with Crippen molar-refractivity contribution in [1.29, 1.82) is 0 Å². The van der Waals surface area contributed by atoms with Gasteiger partial charge in [-0.2, -0.15) is 13.2 Å². The van der Waals surface area contributed by atoms with Gasteiger partial charge in [0.1, 0.15) is 0 Å². The second-order valence-corrected chi connectivity index (χ2v) is 3.17. The first-order chi connectivity index (χ1) is 6.30. The lowest BCUT2D eigenvalue weighted by molar-refractivity contribution is -0.175. The highest BCUT2D eigenvalue weighted by Crippen LogP contribution is 2.28. The number of halogens is 3. The van der Waals surface area contributed by atoms with E-state index >= 15 is 0 Å². The third-order valence-electron chi connectivity index (χ3n) is 2.08. The molecule has 1 fully saturated rings. The van der Waals surface area contributed by atoms with Gasteiger partial charge in [0.25, 0.3) is 0 Å². The van der Waals surface area contributed by atoms with Gasteiger partial charge in [-0.3, -0.25) is 9.59 Å². The van der Waals surface area contributed by atoms with Gasteiger partial charge < -0.3 is 10.4 Å². The first kappa shape index (κ1) is 10.8. The smallest absolute Gasteiger partial charge is 0.471 e. The number of amides is 1. The highest BCUT2D eigenvalue weighted by molar-refractivity contribution is 5.82. The van der Waals surface area contributed by atoms with Crippen LogP contribution in [0.25, 0.3) is 0 Å². The van der Waals surface area contributed by atoms with Crippen molar-refractivity contribution in [3.63, 3.8) is 0 Å². The van der Waals surface area contributed by atoms with E-state index < -0.39 is 30.0 Å². The van der Waals surface area contributed by atoms with E-state index in [1.165, 1.54) is 0 Å². The molecule has 4 nitrogen and oxygen atoms in total. The van der Waals surface area contributed by atoms with Gasteiger partial charge >= 0.3 is 18.1 Å². The van der Waals surface area contributed by atoms with Crippen molar-refractivity contribution in [3.05, 3.63) is 0 Å². The maximum absolute atomic E-state index is 11.7. The number of alkyl halides is 3. The molecule has 0 aromatic carbocycles. The molecule has 0 heterocycles. The number of carboxylic acids is 1. The minimum Gasteiger partial charge on any atom is -0.481 e. The molecule has 1 rings (SSSR count). The van der Waals surface area contributed by atoms with E-state index in [4.69, 9.17) is 5.11 Å². The van der Waals surface area contributed by atoms with Crippen LogP contribution in [0.4, 0.5) is 13.2 Å². The highest BCUT2D eigenvalue weighted by atomic mass is 19.4. The molecule has 0 saturated heterocycles. The van der Waals surface area contributed by atoms with E-state index in [-0.39, 0.29) is 12.8 Å². The van der Waals surface area contributed by atoms with Crippen molar-refractivity contribution in [1.82, 2.24) is 5.32 Å². The van der Waals surface area contributed by atoms with Gasteiger partial charge in [-0.15, -0.1) is 0 Å². The summed E-state index contributed by atoms with van der Waals surface area (Å²) in [6.07, 6.45) is -4.76. The fourth-order valence-corrected chi connectivity index (χ4v) is 1.20. The molecule has 80 valence electrons. The molecule has 1 aliphatic rings. The van der Waals surface area contributed by atoms with Gasteiger partial charge in [0.15, 0.2) is 0 Å². The van der Waals surface area contributed by atoms with Crippen LogP contribution in [0.15, 0.2) is 0 Å². The number of carboxylic acid groups (broad SMARTS) is 1. The van der Waals surface area contributed by atoms with E-state index in [9.17, 15) is 22.8 Å². The molecule has 0 spiro atoms. The molecule has 0 unspecified atom stereocenters. The topological polar surface area (TPSA) is 66.4 Å². The molecular formula is C7H8F3NO3. The molecular weight excluding hydrogens is 203 g/mol. The molecule has 14 heavy (non-hydrogen) atoms. The Morgan fingerprint density at radius 1 is 1.29 bits per heavy atom. The highest BCUT2D eigenvalue weighted by Gasteiger charge is 2.43. The average Bonchev–Trinajstić information content (AvgIpc) is 1.92. The average molecular weight is 211 g/mol. The van der Waals surface area contributed by atoms with Gasteiger partial charge in [0.05, 0.1) is 5.92 Å². The summed E-state index contributed by atoms with van der Waals surface area (Å²) >= 11 is 0. The number of rotatable bonds is 2. The summed E-state index contributed by atoms with van der Waals surface area (Å²) in [5.74, 6) is -3.68. The van der Waals surface area contributed by atoms with Crippen LogP contribution in [0.5, 0.6) is 0 Å². The predicted molar refractivity (Wildman–Crippen MR) is 38.3 cm³/mol. The Balaban J connectivity index is 2.30. The van der Waals surface area contributed by atoms with E-state index in [2.05, 4.69) is 0 Å². The van der Waals surface area contributed by atoms with Gasteiger partial charge in [-0.05, 0) is 12.8 Å². The van der Waals surface area contributed by atoms with E-state index in [0.29, 0.717) is 0 Å². The summed E-state index contributed by atoms with van der Waals surface area (Å²) in [7, 11) is 0. The van der Waals surface area contributed by atoms with Crippen LogP contribution >= 0.6 is 0 Å². The number of nitrogens with one attached hydrogen (secondary N) is 1. The lowest BCUT2D eigenvalue weighted by atomic mass is 9.80. The van der Waals surface area contributed by atoms with Gasteiger partial charge in [0, 0.05) is 6.04 Å². The minimum atomic E-state index is -4.89. The summed E-state index contributed by atoms with van der Waals surface area (Å²) in [6.45, 7) is 0. The standard InChI is InChI=1S/C7H8F3NO3/c8-7(9,10)6(14)11-4-1-3(2-4)5(12)13/h3-4H,1-2H2,(H,11,14)(H,12,13). The first-order valence-corrected chi connectivity index (χ1v) is 3.91. The molecule has 1 aliphatic carbocycles. The molecule has 0 bridgehead atoms. The van der Waals surface area contributed by atoms with Gasteiger partial charge in [-0.25, -0.2) is 0 Å². The van der Waals surface area contributed by atoms with E-state index in [0.717, 1.165) is 0 Å². The third-order valence-corrected chi connectivity index (χ3v) is 2.08. The number of aliphatic carboxylic acids is 1. The Morgan fingerprint density at radius 2 is 1.79 bits per heavy atom. The third kappa shape index (κ3) is 2.36. The second kappa shape index (κ2) is 3.47. The van der Waals surface area contributed by atoms with Crippen molar-refractivity contribution in [2.75, 3.05) is 0 Å². The lowest BCUT2D eigenvalue weighted by Gasteiger charge is -2.32. The number of hydrogen-bond donors (Lipinski definition) is 2. The monoisotopic (exact) mass is 211 g/mol. The first-order valence-electron chi connectivity index (χ1n) is 3.91. The van der Waals surface area contributed by atoms with Crippen LogP contribution in [-0.2, 0) is 9.59 Å². The molecule has 7 heteroatoms. The van der Waals surface area contributed by atoms with Crippen molar-refractivity contribution < 1.29 is 27.9 Å². The Bertz CT molecular complexity index is 257.